The van der Waals surface area contributed by atoms with Crippen LogP contribution in [0.5, 0.6) is 0 Å². The number of hydrogen-bond donors (Lipinski definition) is 0. The van der Waals surface area contributed by atoms with E-state index in [-0.39, 0.29) is 11.9 Å². The highest BCUT2D eigenvalue weighted by Gasteiger charge is 2.45. The van der Waals surface area contributed by atoms with Crippen molar-refractivity contribution in [3.63, 3.8) is 0 Å². The van der Waals surface area contributed by atoms with Crippen molar-refractivity contribution in [3.05, 3.63) is 34.9 Å². The van der Waals surface area contributed by atoms with Gasteiger partial charge in [-0.25, -0.2) is 0 Å². The van der Waals surface area contributed by atoms with Crippen LogP contribution in [-0.2, 0) is 9.53 Å². The third-order valence-electron chi connectivity index (χ3n) is 3.20. The molecule has 0 radical (unpaired) electrons. The maximum absolute atomic E-state index is 11.5. The summed E-state index contributed by atoms with van der Waals surface area (Å²) in [6.07, 6.45) is 0.947. The highest BCUT2D eigenvalue weighted by molar-refractivity contribution is 5.77. The van der Waals surface area contributed by atoms with Gasteiger partial charge in [-0.3, -0.25) is 4.79 Å². The van der Waals surface area contributed by atoms with E-state index in [1.54, 1.807) is 0 Å². The minimum Gasteiger partial charge on any atom is -0.466 e. The SMILES string of the molecule is CCOC(=O)[C@@H]1C[C@H]1c1ccc(C)cc1C. The van der Waals surface area contributed by atoms with Crippen molar-refractivity contribution in [3.8, 4) is 0 Å². The quantitative estimate of drug-likeness (QED) is 0.729. The zero-order chi connectivity index (χ0) is 11.7. The lowest BCUT2D eigenvalue weighted by Gasteiger charge is -2.06. The average molecular weight is 218 g/mol. The van der Waals surface area contributed by atoms with Crippen LogP contribution >= 0.6 is 0 Å². The minimum atomic E-state index is -0.0347. The Hall–Kier alpha value is -1.31. The van der Waals surface area contributed by atoms with Crippen molar-refractivity contribution >= 4 is 5.97 Å². The minimum absolute atomic E-state index is 0.0347. The molecule has 1 aliphatic carbocycles. The van der Waals surface area contributed by atoms with E-state index >= 15 is 0 Å². The fraction of sp³-hybridized carbons (Fsp3) is 0.500. The first kappa shape index (κ1) is 11.2. The second-order valence-electron chi connectivity index (χ2n) is 4.56. The van der Waals surface area contributed by atoms with Gasteiger partial charge in [0.2, 0.25) is 0 Å². The van der Waals surface area contributed by atoms with E-state index in [1.807, 2.05) is 6.92 Å². The Labute approximate surface area is 96.6 Å². The van der Waals surface area contributed by atoms with Gasteiger partial charge in [0.25, 0.3) is 0 Å². The summed E-state index contributed by atoms with van der Waals surface area (Å²) in [4.78, 5) is 11.5. The Morgan fingerprint density at radius 1 is 1.44 bits per heavy atom. The van der Waals surface area contributed by atoms with Crippen LogP contribution in [0.2, 0.25) is 0 Å². The molecule has 0 saturated heterocycles. The summed E-state index contributed by atoms with van der Waals surface area (Å²) in [6.45, 7) is 6.54. The third kappa shape index (κ3) is 2.11. The van der Waals surface area contributed by atoms with E-state index in [1.165, 1.54) is 16.7 Å². The molecular weight excluding hydrogens is 200 g/mol. The largest absolute Gasteiger partial charge is 0.466 e. The molecule has 1 aromatic carbocycles. The molecule has 0 spiro atoms. The summed E-state index contributed by atoms with van der Waals surface area (Å²) in [5, 5.41) is 0. The Morgan fingerprint density at radius 3 is 2.81 bits per heavy atom. The number of benzene rings is 1. The van der Waals surface area contributed by atoms with Crippen molar-refractivity contribution in [2.24, 2.45) is 5.92 Å². The highest BCUT2D eigenvalue weighted by Crippen LogP contribution is 2.49. The van der Waals surface area contributed by atoms with Crippen LogP contribution in [0.1, 0.15) is 36.0 Å². The van der Waals surface area contributed by atoms with Crippen molar-refractivity contribution < 1.29 is 9.53 Å². The van der Waals surface area contributed by atoms with Crippen LogP contribution in [0.25, 0.3) is 0 Å². The first-order chi connectivity index (χ1) is 7.63. The van der Waals surface area contributed by atoms with Crippen molar-refractivity contribution in [2.75, 3.05) is 6.61 Å². The van der Waals surface area contributed by atoms with Crippen molar-refractivity contribution in [1.29, 1.82) is 0 Å². The molecule has 0 aromatic heterocycles. The predicted octanol–water partition coefficient (Wildman–Crippen LogP) is 2.97. The van der Waals surface area contributed by atoms with E-state index in [0.29, 0.717) is 12.5 Å². The van der Waals surface area contributed by atoms with Crippen molar-refractivity contribution in [2.45, 2.75) is 33.1 Å². The molecule has 0 aliphatic heterocycles. The van der Waals surface area contributed by atoms with Crippen LogP contribution in [0.3, 0.4) is 0 Å². The fourth-order valence-electron chi connectivity index (χ4n) is 2.29. The third-order valence-corrected chi connectivity index (χ3v) is 3.20. The van der Waals surface area contributed by atoms with Gasteiger partial charge in [0, 0.05) is 0 Å². The maximum Gasteiger partial charge on any atom is 0.309 e. The average Bonchev–Trinajstić information content (AvgIpc) is 2.98. The smallest absolute Gasteiger partial charge is 0.309 e. The van der Waals surface area contributed by atoms with Gasteiger partial charge in [-0.2, -0.15) is 0 Å². The molecule has 2 nitrogen and oxygen atoms in total. The first-order valence-corrected chi connectivity index (χ1v) is 5.87. The molecule has 0 amide bonds. The van der Waals surface area contributed by atoms with Crippen molar-refractivity contribution in [1.82, 2.24) is 0 Å². The molecule has 1 fully saturated rings. The van der Waals surface area contributed by atoms with Gasteiger partial charge in [-0.15, -0.1) is 0 Å². The van der Waals surface area contributed by atoms with Crippen LogP contribution in [0.4, 0.5) is 0 Å². The molecule has 2 rings (SSSR count). The number of esters is 1. The lowest BCUT2D eigenvalue weighted by Crippen LogP contribution is -2.07. The normalized spacial score (nSPS) is 22.9. The van der Waals surface area contributed by atoms with Gasteiger partial charge in [-0.1, -0.05) is 23.8 Å². The van der Waals surface area contributed by atoms with Gasteiger partial charge in [0.1, 0.15) is 0 Å². The molecule has 1 saturated carbocycles. The molecule has 16 heavy (non-hydrogen) atoms. The van der Waals surface area contributed by atoms with Gasteiger partial charge < -0.3 is 4.74 Å². The lowest BCUT2D eigenvalue weighted by molar-refractivity contribution is -0.144. The maximum atomic E-state index is 11.5. The number of carbonyl (C=O) groups is 1. The fourth-order valence-corrected chi connectivity index (χ4v) is 2.29. The number of carbonyl (C=O) groups excluding carboxylic acids is 1. The van der Waals surface area contributed by atoms with E-state index in [9.17, 15) is 4.79 Å². The number of rotatable bonds is 3. The Bertz CT molecular complexity index is 409. The molecule has 0 heterocycles. The first-order valence-electron chi connectivity index (χ1n) is 5.87. The van der Waals surface area contributed by atoms with Gasteiger partial charge >= 0.3 is 5.97 Å². The molecule has 0 unspecified atom stereocenters. The zero-order valence-corrected chi connectivity index (χ0v) is 10.1. The van der Waals surface area contributed by atoms with Gasteiger partial charge in [-0.05, 0) is 44.2 Å². The standard InChI is InChI=1S/C14H18O2/c1-4-16-14(15)13-8-12(13)11-6-5-9(2)7-10(11)3/h5-7,12-13H,4,8H2,1-3H3/t12-,13+/m0/s1. The Morgan fingerprint density at radius 2 is 2.19 bits per heavy atom. The molecule has 0 N–H and O–H groups in total. The summed E-state index contributed by atoms with van der Waals surface area (Å²) in [5.74, 6) is 0.452. The molecular formula is C14H18O2. The summed E-state index contributed by atoms with van der Waals surface area (Å²) in [7, 11) is 0. The molecule has 2 atom stereocenters. The van der Waals surface area contributed by atoms with Gasteiger partial charge in [0.15, 0.2) is 0 Å². The summed E-state index contributed by atoms with van der Waals surface area (Å²) >= 11 is 0. The second-order valence-corrected chi connectivity index (χ2v) is 4.56. The van der Waals surface area contributed by atoms with E-state index in [4.69, 9.17) is 4.74 Å². The molecule has 86 valence electrons. The Balaban J connectivity index is 2.08. The van der Waals surface area contributed by atoms with E-state index in [0.717, 1.165) is 6.42 Å². The summed E-state index contributed by atoms with van der Waals surface area (Å²) in [6, 6.07) is 6.44. The summed E-state index contributed by atoms with van der Waals surface area (Å²) in [5.41, 5.74) is 3.87. The molecule has 0 bridgehead atoms. The van der Waals surface area contributed by atoms with Crippen LogP contribution in [-0.4, -0.2) is 12.6 Å². The lowest BCUT2D eigenvalue weighted by atomic mass is 10.0. The van der Waals surface area contributed by atoms with Gasteiger partial charge in [0.05, 0.1) is 12.5 Å². The predicted molar refractivity (Wildman–Crippen MR) is 63.4 cm³/mol. The van der Waals surface area contributed by atoms with Crippen LogP contribution in [0.15, 0.2) is 18.2 Å². The highest BCUT2D eigenvalue weighted by atomic mass is 16.5. The summed E-state index contributed by atoms with van der Waals surface area (Å²) < 4.78 is 5.04. The monoisotopic (exact) mass is 218 g/mol. The number of ether oxygens (including phenoxy) is 1. The van der Waals surface area contributed by atoms with Crippen LogP contribution < -0.4 is 0 Å². The van der Waals surface area contributed by atoms with E-state index in [2.05, 4.69) is 32.0 Å². The Kier molecular flexibility index (Phi) is 2.99. The topological polar surface area (TPSA) is 26.3 Å². The van der Waals surface area contributed by atoms with Crippen LogP contribution in [0, 0.1) is 19.8 Å². The number of hydrogen-bond acceptors (Lipinski definition) is 2. The molecule has 2 heteroatoms. The molecule has 1 aromatic rings. The number of aryl methyl sites for hydroxylation is 2. The zero-order valence-electron chi connectivity index (χ0n) is 10.1. The molecule has 1 aliphatic rings. The second kappa shape index (κ2) is 4.28. The van der Waals surface area contributed by atoms with E-state index < -0.39 is 0 Å².